The number of pyridine rings is 1. The van der Waals surface area contributed by atoms with Crippen molar-refractivity contribution in [3.63, 3.8) is 0 Å². The number of hydrogen-bond donors (Lipinski definition) is 0. The fourth-order valence-electron chi connectivity index (χ4n) is 6.61. The highest BCUT2D eigenvalue weighted by Crippen LogP contribution is 2.62. The molecule has 2 unspecified atom stereocenters. The van der Waals surface area contributed by atoms with Crippen LogP contribution in [0.3, 0.4) is 0 Å². The Balaban J connectivity index is 1.79. The summed E-state index contributed by atoms with van der Waals surface area (Å²) >= 11 is 3.35. The summed E-state index contributed by atoms with van der Waals surface area (Å²) in [6.45, 7) is 20.3. The van der Waals surface area contributed by atoms with Crippen molar-refractivity contribution in [1.82, 2.24) is 4.98 Å². The lowest BCUT2D eigenvalue weighted by molar-refractivity contribution is -0.134. The van der Waals surface area contributed by atoms with E-state index in [0.29, 0.717) is 4.88 Å². The summed E-state index contributed by atoms with van der Waals surface area (Å²) in [5.74, 6) is 0.112. The van der Waals surface area contributed by atoms with E-state index in [9.17, 15) is 13.2 Å². The Hall–Kier alpha value is -0.493. The van der Waals surface area contributed by atoms with Crippen molar-refractivity contribution >= 4 is 42.2 Å². The standard InChI is InChI=1S/C31H43F3INO2SSi/c1-17(2)26-24-25(23-18(36-26)15-29(6,7)16-19(23)38-40(8,9)28(3,4)5)30(14-10-11-21(30)35)37-27(24)20-12-13-22(39-20)31(32,33)34/h12-13,17,19,21,27H,10-11,14-16H2,1-9H3/t19-,21?,27-,30?/m0/s1. The molecule has 0 bridgehead atoms. The molecule has 0 saturated heterocycles. The molecule has 3 nitrogen and oxygen atoms in total. The normalized spacial score (nSPS) is 28.4. The van der Waals surface area contributed by atoms with Gasteiger partial charge in [0.2, 0.25) is 0 Å². The Morgan fingerprint density at radius 2 is 1.82 bits per heavy atom. The zero-order valence-corrected chi connectivity index (χ0v) is 29.2. The molecule has 1 fully saturated rings. The minimum atomic E-state index is -4.37. The van der Waals surface area contributed by atoms with Gasteiger partial charge in [0.25, 0.3) is 0 Å². The Bertz CT molecular complexity index is 1300. The maximum Gasteiger partial charge on any atom is 0.425 e. The smallest absolute Gasteiger partial charge is 0.410 e. The number of aromatic nitrogens is 1. The minimum Gasteiger partial charge on any atom is -0.410 e. The van der Waals surface area contributed by atoms with Gasteiger partial charge in [-0.25, -0.2) is 0 Å². The highest BCUT2D eigenvalue weighted by Gasteiger charge is 2.57. The number of fused-ring (bicyclic) bond motifs is 4. The van der Waals surface area contributed by atoms with Crippen LogP contribution < -0.4 is 0 Å². The van der Waals surface area contributed by atoms with Gasteiger partial charge in [-0.1, -0.05) is 71.1 Å². The predicted octanol–water partition coefficient (Wildman–Crippen LogP) is 10.6. The summed E-state index contributed by atoms with van der Waals surface area (Å²) in [6.07, 6.45) is -0.355. The molecule has 4 atom stereocenters. The Morgan fingerprint density at radius 3 is 2.35 bits per heavy atom. The maximum absolute atomic E-state index is 13.7. The van der Waals surface area contributed by atoms with E-state index in [4.69, 9.17) is 14.1 Å². The average molecular weight is 706 g/mol. The number of hydrogen-bond acceptors (Lipinski definition) is 4. The van der Waals surface area contributed by atoms with Gasteiger partial charge >= 0.3 is 6.18 Å². The van der Waals surface area contributed by atoms with Crippen LogP contribution in [0.5, 0.6) is 0 Å². The third kappa shape index (κ3) is 5.15. The first-order valence-electron chi connectivity index (χ1n) is 14.5. The molecule has 3 aliphatic rings. The summed E-state index contributed by atoms with van der Waals surface area (Å²) in [4.78, 5) is 5.40. The van der Waals surface area contributed by atoms with Gasteiger partial charge in [0.1, 0.15) is 16.6 Å². The number of nitrogens with zero attached hydrogens (tertiary/aromatic N) is 1. The van der Waals surface area contributed by atoms with E-state index in [0.717, 1.165) is 60.4 Å². The number of ether oxygens (including phenoxy) is 1. The Morgan fingerprint density at radius 1 is 1.15 bits per heavy atom. The second kappa shape index (κ2) is 10.0. The van der Waals surface area contributed by atoms with E-state index in [1.807, 2.05) is 0 Å². The first-order valence-corrected chi connectivity index (χ1v) is 19.5. The van der Waals surface area contributed by atoms with Crippen LogP contribution in [0, 0.1) is 5.41 Å². The fourth-order valence-corrected chi connectivity index (χ4v) is 10.0. The van der Waals surface area contributed by atoms with Crippen LogP contribution in [-0.4, -0.2) is 17.2 Å². The third-order valence-corrected chi connectivity index (χ3v) is 16.9. The van der Waals surface area contributed by atoms with Crippen LogP contribution in [0.25, 0.3) is 0 Å². The number of alkyl halides is 4. The summed E-state index contributed by atoms with van der Waals surface area (Å²) in [7, 11) is -2.15. The molecule has 0 amide bonds. The average Bonchev–Trinajstić information content (AvgIpc) is 3.49. The van der Waals surface area contributed by atoms with Crippen LogP contribution in [0.4, 0.5) is 13.2 Å². The van der Waals surface area contributed by atoms with E-state index in [1.54, 1.807) is 6.07 Å². The molecule has 1 saturated carbocycles. The molecular weight excluding hydrogens is 662 g/mol. The van der Waals surface area contributed by atoms with Gasteiger partial charge in [-0.2, -0.15) is 13.2 Å². The summed E-state index contributed by atoms with van der Waals surface area (Å²) < 4.78 is 55.7. The van der Waals surface area contributed by atoms with Crippen LogP contribution in [0.1, 0.15) is 130 Å². The number of thiophene rings is 1. The topological polar surface area (TPSA) is 31.4 Å². The van der Waals surface area contributed by atoms with Crippen molar-refractivity contribution in [2.75, 3.05) is 0 Å². The lowest BCUT2D eigenvalue weighted by Crippen LogP contribution is -2.44. The summed E-state index contributed by atoms with van der Waals surface area (Å²) in [5, 5.41) is 0.0457. The quantitative estimate of drug-likeness (QED) is 0.180. The van der Waals surface area contributed by atoms with E-state index in [-0.39, 0.29) is 26.4 Å². The highest BCUT2D eigenvalue weighted by molar-refractivity contribution is 14.1. The molecule has 0 N–H and O–H groups in total. The van der Waals surface area contributed by atoms with Crippen molar-refractivity contribution in [2.24, 2.45) is 5.41 Å². The van der Waals surface area contributed by atoms with Gasteiger partial charge in [-0.15, -0.1) is 11.3 Å². The predicted molar refractivity (Wildman–Crippen MR) is 167 cm³/mol. The molecule has 1 spiro atoms. The fraction of sp³-hybridized carbons (Fsp3) is 0.710. The van der Waals surface area contributed by atoms with Gasteiger partial charge in [0.05, 0.1) is 6.10 Å². The summed E-state index contributed by atoms with van der Waals surface area (Å²) in [5.41, 5.74) is 4.94. The van der Waals surface area contributed by atoms with Crippen molar-refractivity contribution < 1.29 is 22.3 Å². The Kier molecular flexibility index (Phi) is 7.76. The van der Waals surface area contributed by atoms with E-state index < -0.39 is 31.1 Å². The molecule has 40 heavy (non-hydrogen) atoms. The molecule has 2 aromatic heterocycles. The maximum atomic E-state index is 13.7. The first kappa shape index (κ1) is 30.9. The lowest BCUT2D eigenvalue weighted by atomic mass is 9.70. The van der Waals surface area contributed by atoms with Gasteiger partial charge < -0.3 is 9.16 Å². The number of halogens is 4. The zero-order valence-electron chi connectivity index (χ0n) is 25.2. The summed E-state index contributed by atoms with van der Waals surface area (Å²) in [6, 6.07) is 2.82. The van der Waals surface area contributed by atoms with Gasteiger partial charge in [-0.3, -0.25) is 4.98 Å². The largest absolute Gasteiger partial charge is 0.425 e. The van der Waals surface area contributed by atoms with E-state index >= 15 is 0 Å². The van der Waals surface area contributed by atoms with Crippen LogP contribution in [-0.2, 0) is 27.4 Å². The highest BCUT2D eigenvalue weighted by atomic mass is 127. The second-order valence-electron chi connectivity index (χ2n) is 14.7. The van der Waals surface area contributed by atoms with Gasteiger partial charge in [-0.05, 0) is 73.7 Å². The second-order valence-corrected chi connectivity index (χ2v) is 22.0. The molecule has 3 heterocycles. The first-order chi connectivity index (χ1) is 18.3. The van der Waals surface area contributed by atoms with Crippen LogP contribution in [0.15, 0.2) is 12.1 Å². The van der Waals surface area contributed by atoms with Gasteiger partial charge in [0, 0.05) is 36.9 Å². The molecule has 2 aromatic rings. The van der Waals surface area contributed by atoms with Crippen molar-refractivity contribution in [3.05, 3.63) is 50.0 Å². The van der Waals surface area contributed by atoms with Gasteiger partial charge in [0.15, 0.2) is 8.32 Å². The molecule has 5 rings (SSSR count). The zero-order chi connectivity index (χ0) is 29.6. The van der Waals surface area contributed by atoms with Crippen LogP contribution in [0.2, 0.25) is 18.1 Å². The van der Waals surface area contributed by atoms with Crippen LogP contribution >= 0.6 is 33.9 Å². The molecule has 9 heteroatoms. The van der Waals surface area contributed by atoms with E-state index in [1.165, 1.54) is 17.2 Å². The minimum absolute atomic E-state index is 0.0241. The van der Waals surface area contributed by atoms with Crippen molar-refractivity contribution in [2.45, 2.75) is 133 Å². The van der Waals surface area contributed by atoms with Crippen molar-refractivity contribution in [1.29, 1.82) is 0 Å². The molecule has 2 aliphatic carbocycles. The molecule has 222 valence electrons. The SMILES string of the molecule is CC(C)c1nc2c(c3c1[C@H](c1ccc(C(F)(F)F)s1)OC31CCCC1I)[C@@H](O[Si](C)(C)C(C)(C)C)CC(C)(C)C2. The van der Waals surface area contributed by atoms with E-state index in [2.05, 4.69) is 84.2 Å². The number of rotatable bonds is 4. The monoisotopic (exact) mass is 705 g/mol. The van der Waals surface area contributed by atoms with Crippen molar-refractivity contribution in [3.8, 4) is 0 Å². The lowest BCUT2D eigenvalue weighted by Gasteiger charge is -2.45. The third-order valence-electron chi connectivity index (χ3n) is 9.57. The molecule has 1 aliphatic heterocycles. The molecule has 0 radical (unpaired) electrons. The molecule has 0 aromatic carbocycles. The Labute approximate surface area is 256 Å². The molecular formula is C31H43F3INO2SSi.